The fraction of sp³-hybridized carbons (Fsp3) is 0.900. The van der Waals surface area contributed by atoms with E-state index in [1.54, 1.807) is 0 Å². The smallest absolute Gasteiger partial charge is 0.325 e. The average Bonchev–Trinajstić information content (AvgIpc) is 2.14. The summed E-state index contributed by atoms with van der Waals surface area (Å²) in [4.78, 5) is 11.3. The number of hydrogen-bond donors (Lipinski definition) is 2. The number of ether oxygens (including phenoxy) is 2. The van der Waals surface area contributed by atoms with Crippen LogP contribution < -0.4 is 5.73 Å². The van der Waals surface area contributed by atoms with Gasteiger partial charge in [0.25, 0.3) is 0 Å². The lowest BCUT2D eigenvalue weighted by atomic mass is 10.0. The van der Waals surface area contributed by atoms with Crippen LogP contribution in [-0.2, 0) is 14.3 Å². The minimum Gasteiger partial charge on any atom is -0.461 e. The molecule has 5 heteroatoms. The quantitative estimate of drug-likeness (QED) is 0.640. The molecule has 0 aromatic heterocycles. The molecule has 0 saturated carbocycles. The highest BCUT2D eigenvalue weighted by atomic mass is 16.6. The Balaban J connectivity index is 2.40. The van der Waals surface area contributed by atoms with Gasteiger partial charge in [-0.25, -0.2) is 0 Å². The maximum atomic E-state index is 11.3. The molecular weight excluding hydrogens is 198 g/mol. The predicted octanol–water partition coefficient (Wildman–Crippen LogP) is -0.195. The molecule has 3 atom stereocenters. The van der Waals surface area contributed by atoms with Gasteiger partial charge in [-0.1, -0.05) is 0 Å². The topological polar surface area (TPSA) is 81.8 Å². The van der Waals surface area contributed by atoms with Gasteiger partial charge in [-0.2, -0.15) is 0 Å². The van der Waals surface area contributed by atoms with Crippen LogP contribution in [0.1, 0.15) is 26.7 Å². The average molecular weight is 217 g/mol. The van der Waals surface area contributed by atoms with Crippen LogP contribution >= 0.6 is 0 Å². The van der Waals surface area contributed by atoms with E-state index in [1.807, 2.05) is 13.8 Å². The van der Waals surface area contributed by atoms with Crippen molar-refractivity contribution in [3.05, 3.63) is 0 Å². The van der Waals surface area contributed by atoms with Crippen molar-refractivity contribution in [3.8, 4) is 0 Å². The highest BCUT2D eigenvalue weighted by molar-refractivity contribution is 5.75. The molecule has 1 rings (SSSR count). The normalized spacial score (nSPS) is 33.5. The first-order valence-electron chi connectivity index (χ1n) is 5.25. The molecular formula is C10H19NO4. The van der Waals surface area contributed by atoms with E-state index in [-0.39, 0.29) is 24.9 Å². The maximum Gasteiger partial charge on any atom is 0.325 e. The standard InChI is InChI=1S/C10H19NO4/c1-6-3-8(4-7(2)14-6)15-10(13)9(11)5-12/h6-9,12H,3-5,11H2,1-2H3/t6?,7?,8?,9-/m0/s1. The number of nitrogens with two attached hydrogens (primary N) is 1. The third kappa shape index (κ3) is 3.77. The summed E-state index contributed by atoms with van der Waals surface area (Å²) in [5.41, 5.74) is 5.35. The van der Waals surface area contributed by atoms with Crippen LogP contribution in [0.15, 0.2) is 0 Å². The number of hydrogen-bond acceptors (Lipinski definition) is 5. The van der Waals surface area contributed by atoms with Crippen molar-refractivity contribution < 1.29 is 19.4 Å². The summed E-state index contributed by atoms with van der Waals surface area (Å²) < 4.78 is 10.7. The molecule has 1 fully saturated rings. The van der Waals surface area contributed by atoms with Crippen LogP contribution in [0, 0.1) is 0 Å². The van der Waals surface area contributed by atoms with Gasteiger partial charge in [0, 0.05) is 12.8 Å². The van der Waals surface area contributed by atoms with Crippen LogP contribution in [0.5, 0.6) is 0 Å². The molecule has 0 aromatic carbocycles. The van der Waals surface area contributed by atoms with Gasteiger partial charge in [0.05, 0.1) is 18.8 Å². The van der Waals surface area contributed by atoms with E-state index >= 15 is 0 Å². The van der Waals surface area contributed by atoms with E-state index in [9.17, 15) is 4.79 Å². The molecule has 88 valence electrons. The number of aliphatic hydroxyl groups is 1. The predicted molar refractivity (Wildman–Crippen MR) is 54.2 cm³/mol. The van der Waals surface area contributed by atoms with E-state index in [0.717, 1.165) is 0 Å². The van der Waals surface area contributed by atoms with E-state index in [1.165, 1.54) is 0 Å². The summed E-state index contributed by atoms with van der Waals surface area (Å²) in [6.07, 6.45) is 1.42. The molecule has 3 N–H and O–H groups in total. The Kier molecular flexibility index (Phi) is 4.50. The van der Waals surface area contributed by atoms with Gasteiger partial charge in [-0.3, -0.25) is 4.79 Å². The summed E-state index contributed by atoms with van der Waals surface area (Å²) in [7, 11) is 0. The number of esters is 1. The zero-order valence-corrected chi connectivity index (χ0v) is 9.18. The summed E-state index contributed by atoms with van der Waals surface area (Å²) in [6.45, 7) is 3.51. The first-order valence-corrected chi connectivity index (χ1v) is 5.25. The fourth-order valence-corrected chi connectivity index (χ4v) is 1.77. The monoisotopic (exact) mass is 217 g/mol. The molecule has 0 radical (unpaired) electrons. The van der Waals surface area contributed by atoms with Gasteiger partial charge in [0.1, 0.15) is 12.1 Å². The van der Waals surface area contributed by atoms with Crippen LogP contribution in [0.3, 0.4) is 0 Å². The molecule has 0 spiro atoms. The number of carbonyl (C=O) groups is 1. The third-order valence-corrected chi connectivity index (χ3v) is 2.44. The van der Waals surface area contributed by atoms with Crippen LogP contribution in [-0.4, -0.2) is 42.0 Å². The van der Waals surface area contributed by atoms with Crippen molar-refractivity contribution >= 4 is 5.97 Å². The Hall–Kier alpha value is -0.650. The van der Waals surface area contributed by atoms with E-state index < -0.39 is 12.0 Å². The van der Waals surface area contributed by atoms with Crippen molar-refractivity contribution in [3.63, 3.8) is 0 Å². The third-order valence-electron chi connectivity index (χ3n) is 2.44. The first kappa shape index (κ1) is 12.4. The van der Waals surface area contributed by atoms with E-state index in [2.05, 4.69) is 0 Å². The van der Waals surface area contributed by atoms with Crippen LogP contribution in [0.2, 0.25) is 0 Å². The van der Waals surface area contributed by atoms with Crippen LogP contribution in [0.25, 0.3) is 0 Å². The second-order valence-corrected chi connectivity index (χ2v) is 4.08. The molecule has 2 unspecified atom stereocenters. The molecule has 5 nitrogen and oxygen atoms in total. The SMILES string of the molecule is CC1CC(OC(=O)[C@@H](N)CO)CC(C)O1. The molecule has 0 bridgehead atoms. The zero-order chi connectivity index (χ0) is 11.4. The largest absolute Gasteiger partial charge is 0.461 e. The summed E-state index contributed by atoms with van der Waals surface area (Å²) in [6, 6.07) is -0.932. The second kappa shape index (κ2) is 5.44. The van der Waals surface area contributed by atoms with Crippen molar-refractivity contribution in [2.24, 2.45) is 5.73 Å². The van der Waals surface area contributed by atoms with Gasteiger partial charge in [0.2, 0.25) is 0 Å². The molecule has 1 saturated heterocycles. The van der Waals surface area contributed by atoms with Gasteiger partial charge in [-0.05, 0) is 13.8 Å². The van der Waals surface area contributed by atoms with Crippen molar-refractivity contribution in [1.82, 2.24) is 0 Å². The Morgan fingerprint density at radius 3 is 2.53 bits per heavy atom. The minimum absolute atomic E-state index is 0.0944. The Bertz CT molecular complexity index is 211. The summed E-state index contributed by atoms with van der Waals surface area (Å²) in [5.74, 6) is -0.538. The van der Waals surface area contributed by atoms with E-state index in [0.29, 0.717) is 12.8 Å². The van der Waals surface area contributed by atoms with E-state index in [4.69, 9.17) is 20.3 Å². The lowest BCUT2D eigenvalue weighted by molar-refractivity contribution is -0.162. The van der Waals surface area contributed by atoms with Crippen molar-refractivity contribution in [2.45, 2.75) is 51.0 Å². The summed E-state index contributed by atoms with van der Waals surface area (Å²) >= 11 is 0. The molecule has 0 aliphatic carbocycles. The van der Waals surface area contributed by atoms with Crippen molar-refractivity contribution in [1.29, 1.82) is 0 Å². The number of carbonyl (C=O) groups excluding carboxylic acids is 1. The fourth-order valence-electron chi connectivity index (χ4n) is 1.77. The van der Waals surface area contributed by atoms with Crippen molar-refractivity contribution in [2.75, 3.05) is 6.61 Å². The molecule has 1 heterocycles. The van der Waals surface area contributed by atoms with Gasteiger partial charge < -0.3 is 20.3 Å². The highest BCUT2D eigenvalue weighted by Crippen LogP contribution is 2.21. The minimum atomic E-state index is -0.932. The lowest BCUT2D eigenvalue weighted by Crippen LogP contribution is -2.41. The Morgan fingerprint density at radius 2 is 2.07 bits per heavy atom. The van der Waals surface area contributed by atoms with Gasteiger partial charge in [0.15, 0.2) is 0 Å². The molecule has 15 heavy (non-hydrogen) atoms. The van der Waals surface area contributed by atoms with Gasteiger partial charge in [-0.15, -0.1) is 0 Å². The van der Waals surface area contributed by atoms with Gasteiger partial charge >= 0.3 is 5.97 Å². The number of rotatable bonds is 3. The molecule has 0 amide bonds. The van der Waals surface area contributed by atoms with Crippen LogP contribution in [0.4, 0.5) is 0 Å². The summed E-state index contributed by atoms with van der Waals surface area (Å²) in [5, 5.41) is 8.69. The highest BCUT2D eigenvalue weighted by Gasteiger charge is 2.28. The Morgan fingerprint density at radius 1 is 1.53 bits per heavy atom. The Labute approximate surface area is 89.5 Å². The molecule has 1 aliphatic rings. The molecule has 0 aromatic rings. The molecule has 1 aliphatic heterocycles. The number of aliphatic hydroxyl groups excluding tert-OH is 1. The first-order chi connectivity index (χ1) is 7.02. The lowest BCUT2D eigenvalue weighted by Gasteiger charge is -2.32. The second-order valence-electron chi connectivity index (χ2n) is 4.08. The zero-order valence-electron chi connectivity index (χ0n) is 9.18. The maximum absolute atomic E-state index is 11.3.